The molecule has 0 spiro atoms. The average molecular weight is 146 g/mol. The van der Waals surface area contributed by atoms with E-state index in [0.717, 1.165) is 5.56 Å². The van der Waals surface area contributed by atoms with E-state index >= 15 is 0 Å². The Kier molecular flexibility index (Phi) is 2.71. The van der Waals surface area contributed by atoms with Gasteiger partial charge in [-0.25, -0.2) is 0 Å². The summed E-state index contributed by atoms with van der Waals surface area (Å²) in [5, 5.41) is 0. The molecule has 0 aromatic heterocycles. The number of methoxy groups -OCH3 is 1. The molecule has 1 heteroatoms. The fourth-order valence-electron chi connectivity index (χ4n) is 0.928. The highest BCUT2D eigenvalue weighted by Gasteiger charge is 2.03. The third-order valence-electron chi connectivity index (χ3n) is 1.49. The van der Waals surface area contributed by atoms with Crippen LogP contribution in [-0.2, 0) is 4.74 Å². The smallest absolute Gasteiger partial charge is 0.142 e. The zero-order chi connectivity index (χ0) is 8.10. The van der Waals surface area contributed by atoms with E-state index < -0.39 is 0 Å². The molecule has 0 bridgehead atoms. The third kappa shape index (κ3) is 1.83. The second-order valence-electron chi connectivity index (χ2n) is 2.19. The van der Waals surface area contributed by atoms with E-state index in [4.69, 9.17) is 11.2 Å². The van der Waals surface area contributed by atoms with Gasteiger partial charge in [0.15, 0.2) is 0 Å². The minimum atomic E-state index is -0.212. The van der Waals surface area contributed by atoms with Crippen LogP contribution >= 0.6 is 0 Å². The van der Waals surface area contributed by atoms with Crippen LogP contribution in [-0.4, -0.2) is 7.11 Å². The Hall–Kier alpha value is -1.26. The van der Waals surface area contributed by atoms with Crippen LogP contribution in [0.5, 0.6) is 0 Å². The first-order valence-corrected chi connectivity index (χ1v) is 3.42. The van der Waals surface area contributed by atoms with Gasteiger partial charge in [-0.3, -0.25) is 0 Å². The van der Waals surface area contributed by atoms with E-state index in [1.165, 1.54) is 0 Å². The first kappa shape index (κ1) is 7.84. The summed E-state index contributed by atoms with van der Waals surface area (Å²) in [7, 11) is 1.61. The van der Waals surface area contributed by atoms with Crippen LogP contribution in [0.3, 0.4) is 0 Å². The lowest BCUT2D eigenvalue weighted by atomic mass is 10.1. The molecule has 0 heterocycles. The van der Waals surface area contributed by atoms with E-state index in [9.17, 15) is 0 Å². The van der Waals surface area contributed by atoms with Gasteiger partial charge in [0.25, 0.3) is 0 Å². The van der Waals surface area contributed by atoms with Crippen molar-refractivity contribution in [1.82, 2.24) is 0 Å². The van der Waals surface area contributed by atoms with Gasteiger partial charge in [0.05, 0.1) is 0 Å². The van der Waals surface area contributed by atoms with Gasteiger partial charge in [-0.2, -0.15) is 0 Å². The van der Waals surface area contributed by atoms with Crippen molar-refractivity contribution in [3.63, 3.8) is 0 Å². The zero-order valence-corrected chi connectivity index (χ0v) is 6.45. The van der Waals surface area contributed by atoms with E-state index in [2.05, 4.69) is 5.92 Å². The van der Waals surface area contributed by atoms with Gasteiger partial charge in [-0.15, -0.1) is 6.42 Å². The summed E-state index contributed by atoms with van der Waals surface area (Å²) in [5.41, 5.74) is 1.03. The number of ether oxygens (including phenoxy) is 1. The minimum absolute atomic E-state index is 0.212. The average Bonchev–Trinajstić information content (AvgIpc) is 2.09. The van der Waals surface area contributed by atoms with Crippen molar-refractivity contribution in [2.75, 3.05) is 7.11 Å². The first-order valence-electron chi connectivity index (χ1n) is 3.42. The van der Waals surface area contributed by atoms with Gasteiger partial charge in [-0.05, 0) is 5.56 Å². The number of rotatable bonds is 2. The highest BCUT2D eigenvalue weighted by Crippen LogP contribution is 2.13. The topological polar surface area (TPSA) is 9.23 Å². The maximum atomic E-state index is 5.24. The van der Waals surface area contributed by atoms with Crippen LogP contribution in [0.4, 0.5) is 0 Å². The molecule has 0 amide bonds. The second-order valence-corrected chi connectivity index (χ2v) is 2.19. The molecule has 1 nitrogen and oxygen atoms in total. The Balaban J connectivity index is 2.85. The predicted molar refractivity (Wildman–Crippen MR) is 45.0 cm³/mol. The molecule has 1 rings (SSSR count). The van der Waals surface area contributed by atoms with E-state index in [1.807, 2.05) is 30.3 Å². The van der Waals surface area contributed by atoms with Gasteiger partial charge in [0.2, 0.25) is 0 Å². The molecular weight excluding hydrogens is 136 g/mol. The summed E-state index contributed by atoms with van der Waals surface area (Å²) >= 11 is 0. The maximum Gasteiger partial charge on any atom is 0.142 e. The highest BCUT2D eigenvalue weighted by molar-refractivity contribution is 5.23. The van der Waals surface area contributed by atoms with Gasteiger partial charge >= 0.3 is 0 Å². The Labute approximate surface area is 67.0 Å². The Morgan fingerprint density at radius 1 is 1.36 bits per heavy atom. The first-order chi connectivity index (χ1) is 5.38. The van der Waals surface area contributed by atoms with Crippen molar-refractivity contribution in [2.24, 2.45) is 0 Å². The van der Waals surface area contributed by atoms with Gasteiger partial charge in [0, 0.05) is 7.11 Å². The van der Waals surface area contributed by atoms with Crippen molar-refractivity contribution in [3.8, 4) is 12.3 Å². The molecule has 1 aromatic rings. The summed E-state index contributed by atoms with van der Waals surface area (Å²) in [6.07, 6.45) is 5.03. The standard InChI is InChI=1S/C10H10O/c1-3-10(11-2)9-7-5-4-6-8-9/h1,4-8,10H,2H3. The quantitative estimate of drug-likeness (QED) is 0.580. The summed E-state index contributed by atoms with van der Waals surface area (Å²) in [5.74, 6) is 2.55. The number of hydrogen-bond donors (Lipinski definition) is 0. The van der Waals surface area contributed by atoms with Crippen LogP contribution in [0.15, 0.2) is 30.3 Å². The van der Waals surface area contributed by atoms with Crippen molar-refractivity contribution < 1.29 is 4.74 Å². The van der Waals surface area contributed by atoms with Crippen LogP contribution in [0.2, 0.25) is 0 Å². The monoisotopic (exact) mass is 146 g/mol. The SMILES string of the molecule is C#CC(OC)c1ccccc1. The van der Waals surface area contributed by atoms with Crippen molar-refractivity contribution in [3.05, 3.63) is 35.9 Å². The van der Waals surface area contributed by atoms with Crippen molar-refractivity contribution in [2.45, 2.75) is 6.10 Å². The molecular formula is C10H10O. The molecule has 1 atom stereocenters. The fourth-order valence-corrected chi connectivity index (χ4v) is 0.928. The molecule has 0 aliphatic heterocycles. The number of hydrogen-bond acceptors (Lipinski definition) is 1. The normalized spacial score (nSPS) is 12.0. The molecule has 0 saturated carbocycles. The van der Waals surface area contributed by atoms with Gasteiger partial charge in [-0.1, -0.05) is 36.3 Å². The lowest BCUT2D eigenvalue weighted by Crippen LogP contribution is -1.96. The van der Waals surface area contributed by atoms with Crippen LogP contribution in [0.25, 0.3) is 0 Å². The van der Waals surface area contributed by atoms with Crippen LogP contribution in [0, 0.1) is 12.3 Å². The molecule has 0 aliphatic carbocycles. The lowest BCUT2D eigenvalue weighted by Gasteiger charge is -2.07. The van der Waals surface area contributed by atoms with Crippen molar-refractivity contribution >= 4 is 0 Å². The van der Waals surface area contributed by atoms with Crippen LogP contribution in [0.1, 0.15) is 11.7 Å². The minimum Gasteiger partial charge on any atom is -0.364 e. The lowest BCUT2D eigenvalue weighted by molar-refractivity contribution is 0.150. The van der Waals surface area contributed by atoms with Gasteiger partial charge in [0.1, 0.15) is 6.10 Å². The number of terminal acetylenes is 1. The molecule has 0 N–H and O–H groups in total. The zero-order valence-electron chi connectivity index (χ0n) is 6.45. The third-order valence-corrected chi connectivity index (χ3v) is 1.49. The molecule has 0 radical (unpaired) electrons. The summed E-state index contributed by atoms with van der Waals surface area (Å²) in [4.78, 5) is 0. The second kappa shape index (κ2) is 3.80. The Morgan fingerprint density at radius 3 is 2.45 bits per heavy atom. The molecule has 11 heavy (non-hydrogen) atoms. The molecule has 1 unspecified atom stereocenters. The fraction of sp³-hybridized carbons (Fsp3) is 0.200. The van der Waals surface area contributed by atoms with E-state index in [-0.39, 0.29) is 6.10 Å². The van der Waals surface area contributed by atoms with Gasteiger partial charge < -0.3 is 4.74 Å². The Bertz CT molecular complexity index is 245. The molecule has 0 saturated heterocycles. The maximum absolute atomic E-state index is 5.24. The summed E-state index contributed by atoms with van der Waals surface area (Å²) < 4.78 is 5.05. The predicted octanol–water partition coefficient (Wildman–Crippen LogP) is 2.01. The number of benzene rings is 1. The summed E-state index contributed by atoms with van der Waals surface area (Å²) in [6.45, 7) is 0. The van der Waals surface area contributed by atoms with Crippen LogP contribution < -0.4 is 0 Å². The van der Waals surface area contributed by atoms with E-state index in [0.29, 0.717) is 0 Å². The molecule has 1 aromatic carbocycles. The Morgan fingerprint density at radius 2 is 2.00 bits per heavy atom. The highest BCUT2D eigenvalue weighted by atomic mass is 16.5. The van der Waals surface area contributed by atoms with Crippen molar-refractivity contribution in [1.29, 1.82) is 0 Å². The van der Waals surface area contributed by atoms with E-state index in [1.54, 1.807) is 7.11 Å². The largest absolute Gasteiger partial charge is 0.364 e. The summed E-state index contributed by atoms with van der Waals surface area (Å²) in [6, 6.07) is 9.74. The molecule has 0 aliphatic rings. The molecule has 0 fully saturated rings. The molecule has 56 valence electrons.